The van der Waals surface area contributed by atoms with Gasteiger partial charge in [0.15, 0.2) is 0 Å². The lowest BCUT2D eigenvalue weighted by molar-refractivity contribution is -0.147. The van der Waals surface area contributed by atoms with E-state index in [2.05, 4.69) is 10.6 Å². The van der Waals surface area contributed by atoms with E-state index in [1.54, 1.807) is 16.7 Å². The average molecular weight is 296 g/mol. The number of carbonyl (C=O) groups is 3. The first-order valence-electron chi connectivity index (χ1n) is 7.69. The molecule has 1 atom stereocenters. The normalized spacial score (nSPS) is 20.8. The van der Waals surface area contributed by atoms with E-state index in [0.717, 1.165) is 38.9 Å². The molecule has 0 saturated carbocycles. The third-order valence-corrected chi connectivity index (χ3v) is 3.96. The lowest BCUT2D eigenvalue weighted by Crippen LogP contribution is -2.51. The Morgan fingerprint density at radius 3 is 2.33 bits per heavy atom. The van der Waals surface area contributed by atoms with Crippen LogP contribution < -0.4 is 10.6 Å². The van der Waals surface area contributed by atoms with E-state index in [1.807, 2.05) is 0 Å². The van der Waals surface area contributed by atoms with Crippen LogP contribution in [-0.4, -0.2) is 72.8 Å². The van der Waals surface area contributed by atoms with Gasteiger partial charge >= 0.3 is 11.8 Å². The highest BCUT2D eigenvalue weighted by molar-refractivity contribution is 6.35. The van der Waals surface area contributed by atoms with Gasteiger partial charge in [0.1, 0.15) is 6.04 Å². The molecule has 2 aliphatic heterocycles. The predicted octanol–water partition coefficient (Wildman–Crippen LogP) is -1.06. The number of hydrogen-bond acceptors (Lipinski definition) is 4. The maximum atomic E-state index is 12.1. The lowest BCUT2D eigenvalue weighted by Gasteiger charge is -2.23. The van der Waals surface area contributed by atoms with Crippen molar-refractivity contribution in [3.05, 3.63) is 0 Å². The van der Waals surface area contributed by atoms with Gasteiger partial charge in [-0.25, -0.2) is 0 Å². The largest absolute Gasteiger partial charge is 0.341 e. The summed E-state index contributed by atoms with van der Waals surface area (Å²) in [6, 6.07) is -0.648. The van der Waals surface area contributed by atoms with Gasteiger partial charge in [-0.2, -0.15) is 0 Å². The lowest BCUT2D eigenvalue weighted by atomic mass is 10.2. The first-order chi connectivity index (χ1) is 10.1. The number of nitrogens with one attached hydrogen (secondary N) is 2. The van der Waals surface area contributed by atoms with Gasteiger partial charge in [0, 0.05) is 32.7 Å². The molecular formula is C14H24N4O3. The number of carbonyl (C=O) groups excluding carboxylic acids is 3. The molecule has 2 aliphatic rings. The maximum absolute atomic E-state index is 12.1. The van der Waals surface area contributed by atoms with Crippen molar-refractivity contribution in [2.45, 2.75) is 32.2 Å². The monoisotopic (exact) mass is 296 g/mol. The molecule has 0 aliphatic carbocycles. The Kier molecular flexibility index (Phi) is 5.55. The zero-order chi connectivity index (χ0) is 15.2. The van der Waals surface area contributed by atoms with Crippen LogP contribution >= 0.6 is 0 Å². The molecule has 21 heavy (non-hydrogen) atoms. The van der Waals surface area contributed by atoms with Crippen molar-refractivity contribution in [2.24, 2.45) is 0 Å². The van der Waals surface area contributed by atoms with E-state index in [-0.39, 0.29) is 5.91 Å². The molecule has 1 unspecified atom stereocenters. The van der Waals surface area contributed by atoms with Gasteiger partial charge in [0.25, 0.3) is 0 Å². The molecule has 0 aromatic rings. The van der Waals surface area contributed by atoms with Gasteiger partial charge in [-0.3, -0.25) is 14.4 Å². The fourth-order valence-electron chi connectivity index (χ4n) is 2.72. The Balaban J connectivity index is 1.84. The zero-order valence-electron chi connectivity index (χ0n) is 12.6. The van der Waals surface area contributed by atoms with Gasteiger partial charge in [0.2, 0.25) is 5.91 Å². The molecule has 0 radical (unpaired) electrons. The number of hydrogen-bond donors (Lipinski definition) is 2. The fourth-order valence-corrected chi connectivity index (χ4v) is 2.72. The molecule has 3 amide bonds. The third kappa shape index (κ3) is 4.17. The highest BCUT2D eigenvalue weighted by Gasteiger charge is 2.28. The molecule has 0 aromatic heterocycles. The first kappa shape index (κ1) is 15.8. The molecule has 7 nitrogen and oxygen atoms in total. The summed E-state index contributed by atoms with van der Waals surface area (Å²) in [5.41, 5.74) is 0. The van der Waals surface area contributed by atoms with Crippen molar-refractivity contribution >= 4 is 17.7 Å². The smallest absolute Gasteiger partial charge is 0.311 e. The van der Waals surface area contributed by atoms with Gasteiger partial charge in [-0.15, -0.1) is 0 Å². The summed E-state index contributed by atoms with van der Waals surface area (Å²) in [7, 11) is 0. The molecule has 2 saturated heterocycles. The van der Waals surface area contributed by atoms with Crippen LogP contribution in [-0.2, 0) is 14.4 Å². The average Bonchev–Trinajstić information content (AvgIpc) is 2.88. The number of nitrogens with zero attached hydrogens (tertiary/aromatic N) is 2. The minimum Gasteiger partial charge on any atom is -0.341 e. The second-order valence-corrected chi connectivity index (χ2v) is 5.62. The van der Waals surface area contributed by atoms with Crippen LogP contribution in [0.25, 0.3) is 0 Å². The summed E-state index contributed by atoms with van der Waals surface area (Å²) in [4.78, 5) is 39.5. The van der Waals surface area contributed by atoms with Gasteiger partial charge < -0.3 is 20.4 Å². The van der Waals surface area contributed by atoms with Gasteiger partial charge in [0.05, 0.1) is 0 Å². The van der Waals surface area contributed by atoms with Crippen LogP contribution in [0.4, 0.5) is 0 Å². The van der Waals surface area contributed by atoms with E-state index in [0.29, 0.717) is 19.6 Å². The minimum absolute atomic E-state index is 0.105. The summed E-state index contributed by atoms with van der Waals surface area (Å²) in [6.07, 6.45) is 2.85. The van der Waals surface area contributed by atoms with Gasteiger partial charge in [-0.1, -0.05) is 0 Å². The highest BCUT2D eigenvalue weighted by atomic mass is 16.2. The zero-order valence-corrected chi connectivity index (χ0v) is 12.6. The number of rotatable bonds is 2. The Bertz CT molecular complexity index is 399. The van der Waals surface area contributed by atoms with E-state index in [1.165, 1.54) is 0 Å². The van der Waals surface area contributed by atoms with Crippen LogP contribution in [0.15, 0.2) is 0 Å². The van der Waals surface area contributed by atoms with Crippen LogP contribution in [0, 0.1) is 0 Å². The Labute approximate surface area is 125 Å². The molecule has 2 rings (SSSR count). The second-order valence-electron chi connectivity index (χ2n) is 5.62. The Morgan fingerprint density at radius 2 is 1.62 bits per heavy atom. The number of amides is 3. The van der Waals surface area contributed by atoms with Crippen molar-refractivity contribution in [2.75, 3.05) is 39.3 Å². The quantitative estimate of drug-likeness (QED) is 0.636. The summed E-state index contributed by atoms with van der Waals surface area (Å²) in [5.74, 6) is -1.33. The third-order valence-electron chi connectivity index (χ3n) is 3.96. The molecule has 0 bridgehead atoms. The topological polar surface area (TPSA) is 81.8 Å². The molecule has 2 fully saturated rings. The fraction of sp³-hybridized carbons (Fsp3) is 0.786. The van der Waals surface area contributed by atoms with E-state index < -0.39 is 17.9 Å². The SMILES string of the molecule is CC(NC(=O)C(=O)N1CCCNCC1)C(=O)N1CCCC1. The molecular weight excluding hydrogens is 272 g/mol. The molecule has 7 heteroatoms. The summed E-state index contributed by atoms with van der Waals surface area (Å²) in [6.45, 7) is 5.77. The van der Waals surface area contributed by atoms with Crippen molar-refractivity contribution in [3.63, 3.8) is 0 Å². The molecule has 0 aromatic carbocycles. The minimum atomic E-state index is -0.683. The van der Waals surface area contributed by atoms with E-state index in [9.17, 15) is 14.4 Å². The second kappa shape index (κ2) is 7.40. The van der Waals surface area contributed by atoms with E-state index >= 15 is 0 Å². The van der Waals surface area contributed by atoms with Crippen molar-refractivity contribution in [1.82, 2.24) is 20.4 Å². The standard InChI is InChI=1S/C14H24N4O3/c1-11(13(20)17-7-2-3-8-17)16-12(19)14(21)18-9-4-5-15-6-10-18/h11,15H,2-10H2,1H3,(H,16,19). The van der Waals surface area contributed by atoms with Crippen molar-refractivity contribution < 1.29 is 14.4 Å². The first-order valence-corrected chi connectivity index (χ1v) is 7.69. The molecule has 2 N–H and O–H groups in total. The summed E-state index contributed by atoms with van der Waals surface area (Å²) >= 11 is 0. The van der Waals surface area contributed by atoms with Crippen LogP contribution in [0.3, 0.4) is 0 Å². The highest BCUT2D eigenvalue weighted by Crippen LogP contribution is 2.09. The van der Waals surface area contributed by atoms with Gasteiger partial charge in [-0.05, 0) is 32.7 Å². The van der Waals surface area contributed by atoms with Crippen LogP contribution in [0.5, 0.6) is 0 Å². The Morgan fingerprint density at radius 1 is 0.952 bits per heavy atom. The van der Waals surface area contributed by atoms with E-state index in [4.69, 9.17) is 0 Å². The van der Waals surface area contributed by atoms with Crippen molar-refractivity contribution in [1.29, 1.82) is 0 Å². The van der Waals surface area contributed by atoms with Crippen LogP contribution in [0.2, 0.25) is 0 Å². The van der Waals surface area contributed by atoms with Crippen molar-refractivity contribution in [3.8, 4) is 0 Å². The summed E-state index contributed by atoms with van der Waals surface area (Å²) in [5, 5.41) is 5.71. The predicted molar refractivity (Wildman–Crippen MR) is 77.5 cm³/mol. The Hall–Kier alpha value is -1.63. The van der Waals surface area contributed by atoms with Crippen LogP contribution in [0.1, 0.15) is 26.2 Å². The molecule has 0 spiro atoms. The summed E-state index contributed by atoms with van der Waals surface area (Å²) < 4.78 is 0. The molecule has 2 heterocycles. The maximum Gasteiger partial charge on any atom is 0.311 e. The molecule has 118 valence electrons. The number of likely N-dealkylation sites (tertiary alicyclic amines) is 1.